The molecule has 1 aliphatic carbocycles. The first kappa shape index (κ1) is 12.8. The normalized spacial score (nSPS) is 15.4. The van der Waals surface area contributed by atoms with E-state index in [2.05, 4.69) is 16.9 Å². The zero-order valence-corrected chi connectivity index (χ0v) is 11.1. The molecule has 94 valence electrons. The Morgan fingerprint density at radius 1 is 1.18 bits per heavy atom. The monoisotopic (exact) mass is 254 g/mol. The van der Waals surface area contributed by atoms with Crippen LogP contribution in [0.15, 0.2) is 0 Å². The van der Waals surface area contributed by atoms with Crippen molar-refractivity contribution in [1.29, 1.82) is 0 Å². The van der Waals surface area contributed by atoms with Crippen molar-refractivity contribution in [1.82, 2.24) is 9.97 Å². The van der Waals surface area contributed by atoms with Crippen molar-refractivity contribution in [3.8, 4) is 0 Å². The van der Waals surface area contributed by atoms with Gasteiger partial charge in [0.2, 0.25) is 0 Å². The molecule has 0 N–H and O–H groups in total. The molecule has 0 amide bonds. The molecule has 3 nitrogen and oxygen atoms in total. The Morgan fingerprint density at radius 3 is 2.82 bits per heavy atom. The summed E-state index contributed by atoms with van der Waals surface area (Å²) in [6, 6.07) is 0. The third-order valence-corrected chi connectivity index (χ3v) is 3.32. The van der Waals surface area contributed by atoms with Gasteiger partial charge in [0, 0.05) is 17.9 Å². The molecule has 0 saturated heterocycles. The van der Waals surface area contributed by atoms with Gasteiger partial charge in [0.25, 0.3) is 0 Å². The summed E-state index contributed by atoms with van der Waals surface area (Å²) in [4.78, 5) is 8.91. The smallest absolute Gasteiger partial charge is 0.155 e. The summed E-state index contributed by atoms with van der Waals surface area (Å²) in [6.07, 6.45) is 6.72. The fourth-order valence-corrected chi connectivity index (χ4v) is 2.45. The number of hydrogen-bond donors (Lipinski definition) is 0. The van der Waals surface area contributed by atoms with Gasteiger partial charge >= 0.3 is 0 Å². The number of fused-ring (bicyclic) bond motifs is 1. The molecule has 1 aliphatic rings. The van der Waals surface area contributed by atoms with Gasteiger partial charge in [-0.25, -0.2) is 9.97 Å². The first-order valence-electron chi connectivity index (χ1n) is 6.43. The SMILES string of the molecule is CCCOCc1nc(Cl)c2c(n1)CCCCC2. The lowest BCUT2D eigenvalue weighted by molar-refractivity contribution is 0.116. The number of ether oxygens (including phenoxy) is 1. The molecule has 0 atom stereocenters. The topological polar surface area (TPSA) is 35.0 Å². The van der Waals surface area contributed by atoms with Crippen LogP contribution in [0.3, 0.4) is 0 Å². The van der Waals surface area contributed by atoms with Crippen LogP contribution in [0.4, 0.5) is 0 Å². The summed E-state index contributed by atoms with van der Waals surface area (Å²) in [7, 11) is 0. The standard InChI is InChI=1S/C13H19ClN2O/c1-2-8-17-9-12-15-11-7-5-3-4-6-10(11)13(14)16-12/h2-9H2,1H3. The Balaban J connectivity index is 2.14. The van der Waals surface area contributed by atoms with Crippen LogP contribution in [-0.4, -0.2) is 16.6 Å². The first-order chi connectivity index (χ1) is 8.31. The van der Waals surface area contributed by atoms with Gasteiger partial charge in [0.15, 0.2) is 5.82 Å². The van der Waals surface area contributed by atoms with E-state index in [1.165, 1.54) is 19.3 Å². The van der Waals surface area contributed by atoms with Crippen LogP contribution in [0.25, 0.3) is 0 Å². The number of aromatic nitrogens is 2. The van der Waals surface area contributed by atoms with E-state index in [1.54, 1.807) is 0 Å². The van der Waals surface area contributed by atoms with E-state index < -0.39 is 0 Å². The molecule has 0 bridgehead atoms. The largest absolute Gasteiger partial charge is 0.373 e. The molecule has 2 rings (SSSR count). The zero-order valence-electron chi connectivity index (χ0n) is 10.3. The average Bonchev–Trinajstić information content (AvgIpc) is 2.55. The van der Waals surface area contributed by atoms with Gasteiger partial charge in [-0.05, 0) is 32.1 Å². The molecule has 17 heavy (non-hydrogen) atoms. The minimum absolute atomic E-state index is 0.473. The van der Waals surface area contributed by atoms with Gasteiger partial charge in [-0.3, -0.25) is 0 Å². The molecular weight excluding hydrogens is 236 g/mol. The molecule has 1 aromatic heterocycles. The Kier molecular flexibility index (Phi) is 4.75. The molecule has 0 saturated carbocycles. The summed E-state index contributed by atoms with van der Waals surface area (Å²) in [5.74, 6) is 0.726. The fraction of sp³-hybridized carbons (Fsp3) is 0.692. The van der Waals surface area contributed by atoms with E-state index >= 15 is 0 Å². The van der Waals surface area contributed by atoms with Crippen molar-refractivity contribution >= 4 is 11.6 Å². The van der Waals surface area contributed by atoms with Crippen LogP contribution < -0.4 is 0 Å². The molecular formula is C13H19ClN2O. The molecule has 0 spiro atoms. The second kappa shape index (κ2) is 6.31. The molecule has 1 heterocycles. The van der Waals surface area contributed by atoms with E-state index in [0.29, 0.717) is 11.8 Å². The predicted octanol–water partition coefficient (Wildman–Crippen LogP) is 3.33. The zero-order chi connectivity index (χ0) is 12.1. The van der Waals surface area contributed by atoms with Crippen LogP contribution in [0.2, 0.25) is 5.15 Å². The molecule has 0 aromatic carbocycles. The molecule has 0 unspecified atom stereocenters. The molecule has 1 aromatic rings. The molecule has 0 aliphatic heterocycles. The lowest BCUT2D eigenvalue weighted by Crippen LogP contribution is -2.06. The van der Waals surface area contributed by atoms with Crippen molar-refractivity contribution in [3.63, 3.8) is 0 Å². The van der Waals surface area contributed by atoms with Crippen molar-refractivity contribution in [3.05, 3.63) is 22.2 Å². The van der Waals surface area contributed by atoms with Gasteiger partial charge in [-0.2, -0.15) is 0 Å². The van der Waals surface area contributed by atoms with Crippen LogP contribution in [0, 0.1) is 0 Å². The summed E-state index contributed by atoms with van der Waals surface area (Å²) >= 11 is 6.23. The van der Waals surface area contributed by atoms with E-state index in [4.69, 9.17) is 16.3 Å². The summed E-state index contributed by atoms with van der Waals surface area (Å²) in [6.45, 7) is 3.31. The van der Waals surface area contributed by atoms with Gasteiger partial charge < -0.3 is 4.74 Å². The van der Waals surface area contributed by atoms with Crippen molar-refractivity contribution in [2.24, 2.45) is 0 Å². The van der Waals surface area contributed by atoms with Crippen LogP contribution in [0.1, 0.15) is 49.7 Å². The van der Waals surface area contributed by atoms with E-state index in [9.17, 15) is 0 Å². The summed E-state index contributed by atoms with van der Waals surface area (Å²) in [5, 5.41) is 0.631. The minimum Gasteiger partial charge on any atom is -0.373 e. The average molecular weight is 255 g/mol. The highest BCUT2D eigenvalue weighted by molar-refractivity contribution is 6.30. The Morgan fingerprint density at radius 2 is 2.00 bits per heavy atom. The quantitative estimate of drug-likeness (QED) is 0.470. The van der Waals surface area contributed by atoms with Crippen molar-refractivity contribution in [2.75, 3.05) is 6.61 Å². The van der Waals surface area contributed by atoms with Crippen LogP contribution >= 0.6 is 11.6 Å². The Bertz CT molecular complexity index is 382. The Labute approximate surface area is 108 Å². The maximum atomic E-state index is 6.23. The van der Waals surface area contributed by atoms with Gasteiger partial charge in [-0.1, -0.05) is 24.9 Å². The summed E-state index contributed by atoms with van der Waals surface area (Å²) < 4.78 is 5.46. The van der Waals surface area contributed by atoms with Gasteiger partial charge in [-0.15, -0.1) is 0 Å². The second-order valence-corrected chi connectivity index (χ2v) is 4.83. The van der Waals surface area contributed by atoms with E-state index in [0.717, 1.165) is 43.0 Å². The number of hydrogen-bond acceptors (Lipinski definition) is 3. The molecule has 0 fully saturated rings. The number of rotatable bonds is 4. The summed E-state index contributed by atoms with van der Waals surface area (Å²) in [5.41, 5.74) is 2.29. The Hall–Kier alpha value is -0.670. The maximum Gasteiger partial charge on any atom is 0.155 e. The van der Waals surface area contributed by atoms with Gasteiger partial charge in [0.1, 0.15) is 11.8 Å². The van der Waals surface area contributed by atoms with Crippen molar-refractivity contribution < 1.29 is 4.74 Å². The van der Waals surface area contributed by atoms with Crippen LogP contribution in [-0.2, 0) is 24.2 Å². The highest BCUT2D eigenvalue weighted by Crippen LogP contribution is 2.24. The van der Waals surface area contributed by atoms with Crippen LogP contribution in [0.5, 0.6) is 0 Å². The van der Waals surface area contributed by atoms with E-state index in [-0.39, 0.29) is 0 Å². The van der Waals surface area contributed by atoms with Crippen molar-refractivity contribution in [2.45, 2.75) is 52.1 Å². The number of nitrogens with zero attached hydrogens (tertiary/aromatic N) is 2. The van der Waals surface area contributed by atoms with Gasteiger partial charge in [0.05, 0.1) is 0 Å². The minimum atomic E-state index is 0.473. The second-order valence-electron chi connectivity index (χ2n) is 4.47. The highest BCUT2D eigenvalue weighted by Gasteiger charge is 2.15. The lowest BCUT2D eigenvalue weighted by Gasteiger charge is -2.09. The third-order valence-electron chi connectivity index (χ3n) is 3.01. The third kappa shape index (κ3) is 3.39. The number of aryl methyl sites for hydroxylation is 1. The highest BCUT2D eigenvalue weighted by atomic mass is 35.5. The molecule has 0 radical (unpaired) electrons. The molecule has 4 heteroatoms. The van der Waals surface area contributed by atoms with E-state index in [1.807, 2.05) is 0 Å². The lowest BCUT2D eigenvalue weighted by atomic mass is 10.1. The predicted molar refractivity (Wildman–Crippen MR) is 68.2 cm³/mol. The number of halogens is 1. The fourth-order valence-electron chi connectivity index (χ4n) is 2.15. The maximum absolute atomic E-state index is 6.23. The first-order valence-corrected chi connectivity index (χ1v) is 6.81.